The van der Waals surface area contributed by atoms with Gasteiger partial charge in [-0.2, -0.15) is 8.42 Å². The smallest absolute Gasteiger partial charge is 0.318 e. The molecule has 0 unspecified atom stereocenters. The molecule has 0 aliphatic heterocycles. The third-order valence-electron chi connectivity index (χ3n) is 0.664. The van der Waals surface area contributed by atoms with Crippen LogP contribution in [0, 0.1) is 0 Å². The molecule has 0 saturated heterocycles. The summed E-state index contributed by atoms with van der Waals surface area (Å²) >= 11 is 0. The molecule has 0 radical (unpaired) electrons. The number of carboxylic acids is 1. The molecule has 0 aromatic heterocycles. The molecule has 0 rings (SSSR count). The number of esters is 1. The van der Waals surface area contributed by atoms with Gasteiger partial charge in [0.25, 0.3) is 0 Å². The Morgan fingerprint density at radius 3 is 2.17 bits per heavy atom. The minimum Gasteiger partial charge on any atom is -0.481 e. The number of rotatable bonds is 4. The van der Waals surface area contributed by atoms with Crippen LogP contribution in [-0.4, -0.2) is 36.0 Å². The van der Waals surface area contributed by atoms with Gasteiger partial charge in [-0.1, -0.05) is 0 Å². The van der Waals surface area contributed by atoms with Crippen LogP contribution in [0.15, 0.2) is 0 Å². The predicted molar refractivity (Wildman–Crippen MR) is 34.8 cm³/mol. The largest absolute Gasteiger partial charge is 0.481 e. The van der Waals surface area contributed by atoms with Crippen molar-refractivity contribution in [1.82, 2.24) is 0 Å². The highest BCUT2D eigenvalue weighted by Crippen LogP contribution is 1.89. The minimum absolute atomic E-state index is 0.935. The van der Waals surface area contributed by atoms with Gasteiger partial charge in [0.2, 0.25) is 5.94 Å². The fraction of sp³-hybridized carbons (Fsp3) is 0.500. The van der Waals surface area contributed by atoms with Crippen LogP contribution in [0.5, 0.6) is 0 Å². The predicted octanol–water partition coefficient (Wildman–Crippen LogP) is -1.15. The van der Waals surface area contributed by atoms with Crippen LogP contribution in [0.2, 0.25) is 0 Å². The van der Waals surface area contributed by atoms with Gasteiger partial charge in [-0.3, -0.25) is 14.1 Å². The summed E-state index contributed by atoms with van der Waals surface area (Å²) in [7, 11) is -4.39. The molecule has 0 aliphatic rings. The number of carbonyl (C=O) groups is 2. The van der Waals surface area contributed by atoms with E-state index in [9.17, 15) is 18.0 Å². The fourth-order valence-electron chi connectivity index (χ4n) is 0.315. The van der Waals surface area contributed by atoms with Crippen LogP contribution < -0.4 is 0 Å². The van der Waals surface area contributed by atoms with Crippen molar-refractivity contribution in [3.05, 3.63) is 0 Å². The van der Waals surface area contributed by atoms with Crippen molar-refractivity contribution in [3.63, 3.8) is 0 Å². The van der Waals surface area contributed by atoms with Crippen molar-refractivity contribution in [2.45, 2.75) is 6.42 Å². The molecular weight excluding hydrogens is 192 g/mol. The lowest BCUT2D eigenvalue weighted by Crippen LogP contribution is -2.15. The molecule has 0 heterocycles. The monoisotopic (exact) mass is 198 g/mol. The summed E-state index contributed by atoms with van der Waals surface area (Å²) in [4.78, 5) is 20.1. The third kappa shape index (κ3) is 6.96. The molecule has 0 saturated carbocycles. The second kappa shape index (κ2) is 4.02. The highest BCUT2D eigenvalue weighted by Gasteiger charge is 2.12. The second-order valence-electron chi connectivity index (χ2n) is 1.79. The van der Waals surface area contributed by atoms with Gasteiger partial charge in [-0.25, -0.2) is 0 Å². The maximum atomic E-state index is 10.3. The van der Waals surface area contributed by atoms with E-state index in [0.29, 0.717) is 0 Å². The van der Waals surface area contributed by atoms with E-state index in [0.717, 1.165) is 0 Å². The maximum absolute atomic E-state index is 10.3. The number of hydrogen-bond donors (Lipinski definition) is 2. The topological polar surface area (TPSA) is 118 Å². The lowest BCUT2D eigenvalue weighted by Gasteiger charge is -1.98. The molecule has 7 nitrogen and oxygen atoms in total. The SMILES string of the molecule is O=C(O)CC(=O)OCS(=O)(=O)O. The number of carbonyl (C=O) groups excluding carboxylic acids is 1. The molecule has 0 atom stereocenters. The lowest BCUT2D eigenvalue weighted by atomic mass is 10.4. The van der Waals surface area contributed by atoms with E-state index < -0.39 is 34.4 Å². The zero-order valence-corrected chi connectivity index (χ0v) is 6.57. The first-order valence-electron chi connectivity index (χ1n) is 2.64. The van der Waals surface area contributed by atoms with Gasteiger partial charge in [0.1, 0.15) is 6.42 Å². The minimum atomic E-state index is -4.39. The Bertz CT molecular complexity index is 276. The molecule has 0 aromatic carbocycles. The zero-order chi connectivity index (χ0) is 9.78. The molecule has 2 N–H and O–H groups in total. The molecule has 0 aromatic rings. The van der Waals surface area contributed by atoms with E-state index in [1.807, 2.05) is 0 Å². The fourth-order valence-corrected chi connectivity index (χ4v) is 0.595. The third-order valence-corrected chi connectivity index (χ3v) is 1.08. The first-order valence-corrected chi connectivity index (χ1v) is 4.25. The van der Waals surface area contributed by atoms with Crippen LogP contribution in [-0.2, 0) is 24.4 Å². The number of ether oxygens (including phenoxy) is 1. The molecule has 12 heavy (non-hydrogen) atoms. The van der Waals surface area contributed by atoms with Crippen molar-refractivity contribution in [2.75, 3.05) is 5.94 Å². The van der Waals surface area contributed by atoms with E-state index >= 15 is 0 Å². The van der Waals surface area contributed by atoms with Gasteiger partial charge in [0, 0.05) is 0 Å². The summed E-state index contributed by atoms with van der Waals surface area (Å²) in [5, 5.41) is 8.00. The standard InChI is InChI=1S/C4H6O7S/c5-3(6)1-4(7)11-2-12(8,9)10/h1-2H2,(H,5,6)(H,8,9,10). The summed E-state index contributed by atoms with van der Waals surface area (Å²) in [6, 6.07) is 0. The van der Waals surface area contributed by atoms with Gasteiger partial charge in [-0.05, 0) is 0 Å². The molecule has 0 fully saturated rings. The summed E-state index contributed by atoms with van der Waals surface area (Å²) in [5.74, 6) is -3.88. The zero-order valence-electron chi connectivity index (χ0n) is 5.76. The molecule has 0 amide bonds. The van der Waals surface area contributed by atoms with Gasteiger partial charge in [0.05, 0.1) is 0 Å². The Hall–Kier alpha value is -1.15. The highest BCUT2D eigenvalue weighted by atomic mass is 32.2. The number of carboxylic acid groups (broad SMARTS) is 1. The Balaban J connectivity index is 3.81. The number of hydrogen-bond acceptors (Lipinski definition) is 5. The second-order valence-corrected chi connectivity index (χ2v) is 3.19. The lowest BCUT2D eigenvalue weighted by molar-refractivity contribution is -0.150. The first-order chi connectivity index (χ1) is 5.31. The summed E-state index contributed by atoms with van der Waals surface area (Å²) < 4.78 is 31.8. The van der Waals surface area contributed by atoms with Crippen LogP contribution >= 0.6 is 0 Å². The first kappa shape index (κ1) is 10.8. The Labute approximate surface area is 67.7 Å². The summed E-state index contributed by atoms with van der Waals surface area (Å²) in [5.41, 5.74) is 0. The van der Waals surface area contributed by atoms with E-state index in [4.69, 9.17) is 9.66 Å². The molecule has 0 aliphatic carbocycles. The van der Waals surface area contributed by atoms with E-state index in [1.165, 1.54) is 0 Å². The van der Waals surface area contributed by atoms with Crippen LogP contribution in [0.4, 0.5) is 0 Å². The van der Waals surface area contributed by atoms with Gasteiger partial charge in [0.15, 0.2) is 0 Å². The molecule has 70 valence electrons. The summed E-state index contributed by atoms with van der Waals surface area (Å²) in [6.07, 6.45) is -0.935. The van der Waals surface area contributed by atoms with Gasteiger partial charge in [-0.15, -0.1) is 0 Å². The van der Waals surface area contributed by atoms with E-state index in [-0.39, 0.29) is 0 Å². The van der Waals surface area contributed by atoms with Gasteiger partial charge < -0.3 is 9.84 Å². The van der Waals surface area contributed by atoms with Crippen molar-refractivity contribution < 1.29 is 32.4 Å². The van der Waals surface area contributed by atoms with Crippen molar-refractivity contribution in [2.24, 2.45) is 0 Å². The average Bonchev–Trinajstić information content (AvgIpc) is 1.80. The normalized spacial score (nSPS) is 10.8. The van der Waals surface area contributed by atoms with Crippen LogP contribution in [0.3, 0.4) is 0 Å². The molecule has 8 heteroatoms. The molecular formula is C4H6O7S. The van der Waals surface area contributed by atoms with Crippen molar-refractivity contribution >= 4 is 22.1 Å². The average molecular weight is 198 g/mol. The summed E-state index contributed by atoms with van der Waals surface area (Å²) in [6.45, 7) is 0. The van der Waals surface area contributed by atoms with Gasteiger partial charge >= 0.3 is 22.1 Å². The van der Waals surface area contributed by atoms with Crippen molar-refractivity contribution in [3.8, 4) is 0 Å². The Morgan fingerprint density at radius 2 is 1.83 bits per heavy atom. The van der Waals surface area contributed by atoms with Crippen molar-refractivity contribution in [1.29, 1.82) is 0 Å². The van der Waals surface area contributed by atoms with Crippen LogP contribution in [0.25, 0.3) is 0 Å². The van der Waals surface area contributed by atoms with E-state index in [2.05, 4.69) is 4.74 Å². The maximum Gasteiger partial charge on any atom is 0.318 e. The quantitative estimate of drug-likeness (QED) is 0.332. The highest BCUT2D eigenvalue weighted by molar-refractivity contribution is 7.85. The Morgan fingerprint density at radius 1 is 1.33 bits per heavy atom. The molecule has 0 bridgehead atoms. The Kier molecular flexibility index (Phi) is 3.64. The number of aliphatic carboxylic acids is 1. The van der Waals surface area contributed by atoms with E-state index in [1.54, 1.807) is 0 Å². The van der Waals surface area contributed by atoms with Crippen LogP contribution in [0.1, 0.15) is 6.42 Å². The molecule has 0 spiro atoms.